The van der Waals surface area contributed by atoms with E-state index in [4.69, 9.17) is 5.11 Å². The van der Waals surface area contributed by atoms with Crippen LogP contribution in [0.25, 0.3) is 0 Å². The zero-order valence-corrected chi connectivity index (χ0v) is 7.75. The van der Waals surface area contributed by atoms with Crippen LogP contribution in [0.2, 0.25) is 0 Å². The van der Waals surface area contributed by atoms with Crippen LogP contribution in [0.1, 0.15) is 26.7 Å². The Morgan fingerprint density at radius 1 is 1.58 bits per heavy atom. The molecule has 3 rings (SSSR count). The van der Waals surface area contributed by atoms with Gasteiger partial charge in [-0.1, -0.05) is 19.9 Å². The van der Waals surface area contributed by atoms with Crippen LogP contribution in [0.4, 0.5) is 0 Å². The first-order chi connectivity index (χ1) is 5.66. The van der Waals surface area contributed by atoms with Gasteiger partial charge in [0.15, 0.2) is 0 Å². The Hall–Kier alpha value is -0.720. The number of rotatable bonds is 1. The summed E-state index contributed by atoms with van der Waals surface area (Å²) >= 11 is 0. The number of aliphatic hydroxyl groups is 1. The minimum atomic E-state index is 0.476. The highest BCUT2D eigenvalue weighted by molar-refractivity contribution is 5.31. The molecule has 3 aliphatic carbocycles. The summed E-state index contributed by atoms with van der Waals surface area (Å²) in [7, 11) is 0. The molecule has 0 radical (unpaired) electrons. The van der Waals surface area contributed by atoms with Gasteiger partial charge in [0, 0.05) is 0 Å². The highest BCUT2D eigenvalue weighted by Crippen LogP contribution is 2.59. The van der Waals surface area contributed by atoms with Crippen LogP contribution >= 0.6 is 0 Å². The van der Waals surface area contributed by atoms with E-state index in [1.54, 1.807) is 0 Å². The highest BCUT2D eigenvalue weighted by atomic mass is 16.2. The van der Waals surface area contributed by atoms with Crippen LogP contribution in [0.3, 0.4) is 0 Å². The van der Waals surface area contributed by atoms with E-state index in [0.29, 0.717) is 11.3 Å². The SMILES string of the molecule is CC1(C)C2CC=C(/C=C/O)C1C2. The topological polar surface area (TPSA) is 20.2 Å². The fourth-order valence-electron chi connectivity index (χ4n) is 2.67. The van der Waals surface area contributed by atoms with Gasteiger partial charge in [-0.15, -0.1) is 0 Å². The normalized spacial score (nSPS) is 37.7. The van der Waals surface area contributed by atoms with Crippen LogP contribution in [-0.2, 0) is 0 Å². The molecule has 0 aromatic rings. The van der Waals surface area contributed by atoms with Crippen molar-refractivity contribution >= 4 is 0 Å². The molecule has 0 spiro atoms. The summed E-state index contributed by atoms with van der Waals surface area (Å²) in [5.41, 5.74) is 1.81. The maximum absolute atomic E-state index is 8.70. The Labute approximate surface area is 73.8 Å². The molecular formula is C11H16O. The Morgan fingerprint density at radius 2 is 2.33 bits per heavy atom. The standard InChI is InChI=1S/C11H16O/c1-11(2)9-4-3-8(5-6-12)10(11)7-9/h3,5-6,9-10,12H,4,7H2,1-2H3/b6-5+. The smallest absolute Gasteiger partial charge is 0.0794 e. The molecule has 66 valence electrons. The molecule has 0 aromatic heterocycles. The van der Waals surface area contributed by atoms with Crippen molar-refractivity contribution in [3.63, 3.8) is 0 Å². The fourth-order valence-corrected chi connectivity index (χ4v) is 2.67. The van der Waals surface area contributed by atoms with Gasteiger partial charge in [-0.05, 0) is 41.7 Å². The average molecular weight is 164 g/mol. The molecule has 0 saturated heterocycles. The predicted molar refractivity (Wildman–Crippen MR) is 49.8 cm³/mol. The minimum Gasteiger partial charge on any atom is -0.516 e. The van der Waals surface area contributed by atoms with E-state index >= 15 is 0 Å². The summed E-state index contributed by atoms with van der Waals surface area (Å²) in [6.07, 6.45) is 7.81. The lowest BCUT2D eigenvalue weighted by Crippen LogP contribution is -2.47. The van der Waals surface area contributed by atoms with Crippen molar-refractivity contribution in [2.45, 2.75) is 26.7 Å². The van der Waals surface area contributed by atoms with Crippen LogP contribution in [0, 0.1) is 17.3 Å². The van der Waals surface area contributed by atoms with Gasteiger partial charge < -0.3 is 5.11 Å². The molecule has 2 unspecified atom stereocenters. The molecule has 0 heterocycles. The number of hydrogen-bond acceptors (Lipinski definition) is 1. The van der Waals surface area contributed by atoms with Gasteiger partial charge in [0.25, 0.3) is 0 Å². The van der Waals surface area contributed by atoms with E-state index in [-0.39, 0.29) is 0 Å². The Kier molecular flexibility index (Phi) is 1.57. The molecule has 1 saturated carbocycles. The van der Waals surface area contributed by atoms with Crippen molar-refractivity contribution in [2.75, 3.05) is 0 Å². The van der Waals surface area contributed by atoms with Gasteiger partial charge >= 0.3 is 0 Å². The van der Waals surface area contributed by atoms with E-state index in [0.717, 1.165) is 5.92 Å². The second kappa shape index (κ2) is 2.38. The third-order valence-electron chi connectivity index (χ3n) is 3.78. The van der Waals surface area contributed by atoms with Gasteiger partial charge in [-0.2, -0.15) is 0 Å². The monoisotopic (exact) mass is 164 g/mol. The van der Waals surface area contributed by atoms with E-state index in [2.05, 4.69) is 19.9 Å². The van der Waals surface area contributed by atoms with Crippen molar-refractivity contribution in [3.05, 3.63) is 24.0 Å². The van der Waals surface area contributed by atoms with Crippen LogP contribution in [0.15, 0.2) is 24.0 Å². The predicted octanol–water partition coefficient (Wildman–Crippen LogP) is 3.05. The second-order valence-corrected chi connectivity index (χ2v) is 4.56. The minimum absolute atomic E-state index is 0.476. The maximum Gasteiger partial charge on any atom is 0.0794 e. The van der Waals surface area contributed by atoms with Gasteiger partial charge in [0.05, 0.1) is 6.26 Å². The quantitative estimate of drug-likeness (QED) is 0.590. The molecule has 2 bridgehead atoms. The summed E-state index contributed by atoms with van der Waals surface area (Å²) in [5, 5.41) is 8.70. The van der Waals surface area contributed by atoms with Gasteiger partial charge in [0.1, 0.15) is 0 Å². The lowest BCUT2D eigenvalue weighted by Gasteiger charge is -2.56. The molecule has 0 aliphatic heterocycles. The van der Waals surface area contributed by atoms with Crippen molar-refractivity contribution in [2.24, 2.45) is 17.3 Å². The number of aliphatic hydroxyl groups excluding tert-OH is 1. The van der Waals surface area contributed by atoms with Crippen molar-refractivity contribution < 1.29 is 5.11 Å². The first-order valence-electron chi connectivity index (χ1n) is 4.67. The lowest BCUT2D eigenvalue weighted by atomic mass is 9.49. The van der Waals surface area contributed by atoms with Crippen molar-refractivity contribution in [1.29, 1.82) is 0 Å². The number of hydrogen-bond donors (Lipinski definition) is 1. The van der Waals surface area contributed by atoms with Crippen molar-refractivity contribution in [3.8, 4) is 0 Å². The molecule has 0 aromatic carbocycles. The third-order valence-corrected chi connectivity index (χ3v) is 3.78. The third kappa shape index (κ3) is 0.855. The van der Waals surface area contributed by atoms with E-state index < -0.39 is 0 Å². The molecule has 1 fully saturated rings. The largest absolute Gasteiger partial charge is 0.516 e. The highest BCUT2D eigenvalue weighted by Gasteiger charge is 2.50. The van der Waals surface area contributed by atoms with Gasteiger partial charge in [-0.25, -0.2) is 0 Å². The van der Waals surface area contributed by atoms with E-state index in [1.807, 2.05) is 6.08 Å². The molecule has 1 nitrogen and oxygen atoms in total. The molecule has 0 amide bonds. The molecule has 1 heteroatoms. The van der Waals surface area contributed by atoms with E-state index in [9.17, 15) is 0 Å². The Bertz CT molecular complexity index is 248. The zero-order chi connectivity index (χ0) is 8.77. The number of allylic oxidation sites excluding steroid dienone is 3. The lowest BCUT2D eigenvalue weighted by molar-refractivity contribution is -0.00341. The summed E-state index contributed by atoms with van der Waals surface area (Å²) in [4.78, 5) is 0. The first kappa shape index (κ1) is 7.90. The maximum atomic E-state index is 8.70. The summed E-state index contributed by atoms with van der Waals surface area (Å²) in [5.74, 6) is 1.58. The average Bonchev–Trinajstić information content (AvgIpc) is 2.05. The Balaban J connectivity index is 2.23. The van der Waals surface area contributed by atoms with E-state index in [1.165, 1.54) is 24.7 Å². The van der Waals surface area contributed by atoms with Crippen molar-refractivity contribution in [1.82, 2.24) is 0 Å². The van der Waals surface area contributed by atoms with Crippen LogP contribution < -0.4 is 0 Å². The molecule has 3 aliphatic rings. The fraction of sp³-hybridized carbons (Fsp3) is 0.636. The molecule has 12 heavy (non-hydrogen) atoms. The zero-order valence-electron chi connectivity index (χ0n) is 7.75. The van der Waals surface area contributed by atoms with Gasteiger partial charge in [0.2, 0.25) is 0 Å². The van der Waals surface area contributed by atoms with Crippen LogP contribution in [0.5, 0.6) is 0 Å². The number of fused-ring (bicyclic) bond motifs is 1. The molecule has 1 N–H and O–H groups in total. The van der Waals surface area contributed by atoms with Gasteiger partial charge in [-0.3, -0.25) is 0 Å². The summed E-state index contributed by atoms with van der Waals surface area (Å²) < 4.78 is 0. The second-order valence-electron chi connectivity index (χ2n) is 4.56. The summed E-state index contributed by atoms with van der Waals surface area (Å²) in [6.45, 7) is 4.67. The molecular weight excluding hydrogens is 148 g/mol. The van der Waals surface area contributed by atoms with Crippen LogP contribution in [-0.4, -0.2) is 5.11 Å². The first-order valence-corrected chi connectivity index (χ1v) is 4.67. The molecule has 2 atom stereocenters. The Morgan fingerprint density at radius 3 is 2.83 bits per heavy atom. The summed E-state index contributed by atoms with van der Waals surface area (Å²) in [6, 6.07) is 0.